The first-order chi connectivity index (χ1) is 13.7. The molecule has 2 bridgehead atoms. The smallest absolute Gasteiger partial charge is 0.334 e. The molecule has 1 saturated heterocycles. The first kappa shape index (κ1) is 17.2. The second-order valence-corrected chi connectivity index (χ2v) is 7.43. The van der Waals surface area contributed by atoms with Crippen LogP contribution in [0.25, 0.3) is 0 Å². The van der Waals surface area contributed by atoms with Crippen molar-refractivity contribution in [1.29, 1.82) is 0 Å². The Hall–Kier alpha value is -2.92. The Labute approximate surface area is 162 Å². The molecule has 142 valence electrons. The van der Waals surface area contributed by atoms with Gasteiger partial charge in [-0.1, -0.05) is 60.7 Å². The normalized spacial score (nSPS) is 28.6. The number of hydrogen-bond donors (Lipinski definition) is 0. The molecule has 1 aliphatic heterocycles. The molecular weight excluding hydrogens is 356 g/mol. The highest BCUT2D eigenvalue weighted by Gasteiger charge is 2.77. The predicted molar refractivity (Wildman–Crippen MR) is 100 cm³/mol. The highest BCUT2D eigenvalue weighted by Crippen LogP contribution is 2.70. The quantitative estimate of drug-likeness (QED) is 0.606. The van der Waals surface area contributed by atoms with E-state index in [9.17, 15) is 9.59 Å². The largest absolute Gasteiger partial charge is 0.466 e. The molecule has 2 aromatic rings. The minimum atomic E-state index is -0.566. The first-order valence-corrected chi connectivity index (χ1v) is 9.33. The molecule has 3 aliphatic rings. The molecule has 0 spiro atoms. The molecule has 4 unspecified atom stereocenters. The maximum Gasteiger partial charge on any atom is 0.334 e. The SMILES string of the molecule is COC(=O)C1=C(C(=O)OC)C2C3OC3C1C2(c1ccccc1)c1ccccc1. The molecular formula is C23H20O5. The molecule has 0 N–H and O–H groups in total. The number of methoxy groups -OCH3 is 2. The fourth-order valence-corrected chi connectivity index (χ4v) is 5.51. The van der Waals surface area contributed by atoms with Crippen molar-refractivity contribution in [2.24, 2.45) is 11.8 Å². The van der Waals surface area contributed by atoms with Gasteiger partial charge in [-0.15, -0.1) is 0 Å². The van der Waals surface area contributed by atoms with E-state index in [1.165, 1.54) is 14.2 Å². The summed E-state index contributed by atoms with van der Waals surface area (Å²) in [5.74, 6) is -1.57. The van der Waals surface area contributed by atoms with E-state index in [0.29, 0.717) is 11.1 Å². The van der Waals surface area contributed by atoms with Crippen LogP contribution in [0.3, 0.4) is 0 Å². The third-order valence-corrected chi connectivity index (χ3v) is 6.43. The van der Waals surface area contributed by atoms with Crippen LogP contribution in [0, 0.1) is 11.8 Å². The van der Waals surface area contributed by atoms with E-state index in [2.05, 4.69) is 24.3 Å². The summed E-state index contributed by atoms with van der Waals surface area (Å²) in [5.41, 5.74) is 2.35. The lowest BCUT2D eigenvalue weighted by molar-refractivity contribution is -0.139. The molecule has 1 heterocycles. The summed E-state index contributed by atoms with van der Waals surface area (Å²) in [7, 11) is 2.68. The fraction of sp³-hybridized carbons (Fsp3) is 0.304. The minimum absolute atomic E-state index is 0.104. The van der Waals surface area contributed by atoms with Crippen LogP contribution in [0.4, 0.5) is 0 Å². The van der Waals surface area contributed by atoms with Gasteiger partial charge in [0.05, 0.1) is 37.6 Å². The number of fused-ring (bicyclic) bond motifs is 5. The Morgan fingerprint density at radius 2 is 1.14 bits per heavy atom. The summed E-state index contributed by atoms with van der Waals surface area (Å²) in [4.78, 5) is 25.6. The van der Waals surface area contributed by atoms with E-state index < -0.39 is 17.4 Å². The van der Waals surface area contributed by atoms with Crippen LogP contribution in [-0.4, -0.2) is 38.4 Å². The lowest BCUT2D eigenvalue weighted by Gasteiger charge is -2.38. The van der Waals surface area contributed by atoms with Gasteiger partial charge in [-0.25, -0.2) is 9.59 Å². The van der Waals surface area contributed by atoms with Crippen LogP contribution >= 0.6 is 0 Å². The Kier molecular flexibility index (Phi) is 3.71. The van der Waals surface area contributed by atoms with Crippen LogP contribution in [0.15, 0.2) is 71.8 Å². The molecule has 0 amide bonds. The minimum Gasteiger partial charge on any atom is -0.466 e. The van der Waals surface area contributed by atoms with Gasteiger partial charge < -0.3 is 14.2 Å². The molecule has 1 saturated carbocycles. The Bertz CT molecular complexity index is 899. The predicted octanol–water partition coefficient (Wildman–Crippen LogP) is 2.64. The van der Waals surface area contributed by atoms with Gasteiger partial charge in [0, 0.05) is 17.3 Å². The zero-order chi connectivity index (χ0) is 19.5. The van der Waals surface area contributed by atoms with Gasteiger partial charge in [0.1, 0.15) is 0 Å². The number of esters is 2. The molecule has 5 nitrogen and oxygen atoms in total. The number of carbonyl (C=O) groups excluding carboxylic acids is 2. The number of carbonyl (C=O) groups is 2. The monoisotopic (exact) mass is 376 g/mol. The van der Waals surface area contributed by atoms with Crippen LogP contribution in [0.1, 0.15) is 11.1 Å². The van der Waals surface area contributed by atoms with Crippen molar-refractivity contribution in [2.75, 3.05) is 14.2 Å². The third-order valence-electron chi connectivity index (χ3n) is 6.43. The van der Waals surface area contributed by atoms with Crippen LogP contribution in [0.2, 0.25) is 0 Å². The first-order valence-electron chi connectivity index (χ1n) is 9.33. The zero-order valence-corrected chi connectivity index (χ0v) is 15.6. The maximum atomic E-state index is 12.8. The van der Waals surface area contributed by atoms with E-state index in [-0.39, 0.29) is 24.0 Å². The number of ether oxygens (including phenoxy) is 3. The number of epoxide rings is 1. The second-order valence-electron chi connectivity index (χ2n) is 7.43. The second kappa shape index (κ2) is 6.04. The average Bonchev–Trinajstić information content (AvgIpc) is 3.43. The Balaban J connectivity index is 1.82. The molecule has 0 radical (unpaired) electrons. The van der Waals surface area contributed by atoms with Gasteiger partial charge in [0.2, 0.25) is 0 Å². The lowest BCUT2D eigenvalue weighted by Crippen LogP contribution is -2.40. The average molecular weight is 376 g/mol. The molecule has 4 atom stereocenters. The summed E-state index contributed by atoms with van der Waals surface area (Å²) >= 11 is 0. The van der Waals surface area contributed by atoms with Crippen molar-refractivity contribution in [2.45, 2.75) is 17.6 Å². The van der Waals surface area contributed by atoms with E-state index in [1.54, 1.807) is 0 Å². The van der Waals surface area contributed by atoms with Crippen LogP contribution < -0.4 is 0 Å². The van der Waals surface area contributed by atoms with Crippen molar-refractivity contribution in [1.82, 2.24) is 0 Å². The number of rotatable bonds is 4. The van der Waals surface area contributed by atoms with E-state index in [4.69, 9.17) is 14.2 Å². The van der Waals surface area contributed by atoms with Gasteiger partial charge in [-0.3, -0.25) is 0 Å². The van der Waals surface area contributed by atoms with Gasteiger partial charge in [0.25, 0.3) is 0 Å². The molecule has 28 heavy (non-hydrogen) atoms. The molecule has 2 aliphatic carbocycles. The van der Waals surface area contributed by atoms with E-state index in [1.807, 2.05) is 36.4 Å². The lowest BCUT2D eigenvalue weighted by atomic mass is 9.64. The highest BCUT2D eigenvalue weighted by molar-refractivity contribution is 6.04. The van der Waals surface area contributed by atoms with Crippen molar-refractivity contribution in [3.05, 3.63) is 82.9 Å². The summed E-state index contributed by atoms with van der Waals surface area (Å²) in [6, 6.07) is 20.1. The molecule has 5 rings (SSSR count). The Morgan fingerprint density at radius 1 is 0.750 bits per heavy atom. The zero-order valence-electron chi connectivity index (χ0n) is 15.6. The maximum absolute atomic E-state index is 12.8. The van der Waals surface area contributed by atoms with Crippen molar-refractivity contribution in [3.8, 4) is 0 Å². The van der Waals surface area contributed by atoms with E-state index in [0.717, 1.165) is 11.1 Å². The van der Waals surface area contributed by atoms with Crippen molar-refractivity contribution in [3.63, 3.8) is 0 Å². The number of benzene rings is 2. The standard InChI is InChI=1S/C23H20O5/c1-26-21(24)15-16(22(25)27-2)18-20-19(28-20)17(15)23(18,13-9-5-3-6-10-13)14-11-7-4-8-12-14/h3-12,17-20H,1-2H3. The third kappa shape index (κ3) is 2.00. The van der Waals surface area contributed by atoms with Gasteiger partial charge in [-0.2, -0.15) is 0 Å². The molecule has 2 fully saturated rings. The van der Waals surface area contributed by atoms with Crippen molar-refractivity contribution < 1.29 is 23.8 Å². The summed E-state index contributed by atoms with van der Waals surface area (Å²) in [5, 5.41) is 0. The topological polar surface area (TPSA) is 65.1 Å². The molecule has 2 aromatic carbocycles. The van der Waals surface area contributed by atoms with E-state index >= 15 is 0 Å². The number of hydrogen-bond acceptors (Lipinski definition) is 5. The summed E-state index contributed by atoms with van der Waals surface area (Å²) in [6.07, 6.45) is -0.208. The molecule has 5 heteroatoms. The summed E-state index contributed by atoms with van der Waals surface area (Å²) in [6.45, 7) is 0. The van der Waals surface area contributed by atoms with Crippen LogP contribution in [0.5, 0.6) is 0 Å². The van der Waals surface area contributed by atoms with Gasteiger partial charge in [0.15, 0.2) is 0 Å². The fourth-order valence-electron chi connectivity index (χ4n) is 5.51. The van der Waals surface area contributed by atoms with Gasteiger partial charge in [-0.05, 0) is 11.1 Å². The Morgan fingerprint density at radius 3 is 1.50 bits per heavy atom. The van der Waals surface area contributed by atoms with Gasteiger partial charge >= 0.3 is 11.9 Å². The molecule has 0 aromatic heterocycles. The highest BCUT2D eigenvalue weighted by atomic mass is 16.6. The van der Waals surface area contributed by atoms with Crippen molar-refractivity contribution >= 4 is 11.9 Å². The van der Waals surface area contributed by atoms with Crippen LogP contribution in [-0.2, 0) is 29.2 Å². The summed E-state index contributed by atoms with van der Waals surface area (Å²) < 4.78 is 16.1.